The number of carbonyl (C=O) groups is 2. The summed E-state index contributed by atoms with van der Waals surface area (Å²) in [5.74, 6) is 0.0284. The number of anilines is 1. The number of amides is 2. The summed E-state index contributed by atoms with van der Waals surface area (Å²) in [5, 5.41) is 2.92. The van der Waals surface area contributed by atoms with Crippen LogP contribution < -0.4 is 5.32 Å². The van der Waals surface area contributed by atoms with Crippen LogP contribution in [-0.4, -0.2) is 43.0 Å². The number of hydrogen-bond acceptors (Lipinski definition) is 3. The van der Waals surface area contributed by atoms with Gasteiger partial charge in [0.15, 0.2) is 5.78 Å². The number of ether oxygens (including phenoxy) is 1. The molecule has 23 heavy (non-hydrogen) atoms. The minimum Gasteiger partial charge on any atom is -0.381 e. The first-order chi connectivity index (χ1) is 11.1. The Kier molecular flexibility index (Phi) is 4.66. The number of piperidine rings is 1. The maximum absolute atomic E-state index is 12.4. The van der Waals surface area contributed by atoms with E-state index in [-0.39, 0.29) is 11.8 Å². The number of Topliss-reactive ketones (excluding diaryl/α,β-unsaturated/α-hetero) is 1. The molecule has 2 saturated heterocycles. The predicted octanol–water partition coefficient (Wildman–Crippen LogP) is 3.31. The van der Waals surface area contributed by atoms with Gasteiger partial charge in [0.25, 0.3) is 0 Å². The van der Waals surface area contributed by atoms with Crippen LogP contribution in [0.5, 0.6) is 0 Å². The Balaban J connectivity index is 1.54. The summed E-state index contributed by atoms with van der Waals surface area (Å²) in [4.78, 5) is 25.5. The molecule has 1 N–H and O–H groups in total. The molecule has 0 bridgehead atoms. The predicted molar refractivity (Wildman–Crippen MR) is 88.8 cm³/mol. The molecule has 5 nitrogen and oxygen atoms in total. The van der Waals surface area contributed by atoms with Crippen molar-refractivity contribution in [1.29, 1.82) is 0 Å². The van der Waals surface area contributed by atoms with Crippen LogP contribution in [0, 0.1) is 5.41 Å². The summed E-state index contributed by atoms with van der Waals surface area (Å²) >= 11 is 0. The average Bonchev–Trinajstić information content (AvgIpc) is 2.56. The van der Waals surface area contributed by atoms with Gasteiger partial charge < -0.3 is 15.0 Å². The van der Waals surface area contributed by atoms with E-state index in [0.717, 1.165) is 57.7 Å². The van der Waals surface area contributed by atoms with Crippen LogP contribution >= 0.6 is 0 Å². The highest BCUT2D eigenvalue weighted by Gasteiger charge is 2.37. The molecule has 0 aliphatic carbocycles. The lowest BCUT2D eigenvalue weighted by Gasteiger charge is -2.44. The van der Waals surface area contributed by atoms with Gasteiger partial charge in [-0.2, -0.15) is 0 Å². The van der Waals surface area contributed by atoms with Gasteiger partial charge in [0.1, 0.15) is 0 Å². The number of rotatable bonds is 2. The number of benzene rings is 1. The molecular weight excluding hydrogens is 292 g/mol. The zero-order valence-corrected chi connectivity index (χ0v) is 13.6. The van der Waals surface area contributed by atoms with E-state index in [1.165, 1.54) is 6.92 Å². The lowest BCUT2D eigenvalue weighted by Crippen LogP contribution is -2.46. The maximum Gasteiger partial charge on any atom is 0.321 e. The molecule has 2 fully saturated rings. The Morgan fingerprint density at radius 1 is 1.04 bits per heavy atom. The van der Waals surface area contributed by atoms with Gasteiger partial charge in [0.05, 0.1) is 0 Å². The van der Waals surface area contributed by atoms with Crippen molar-refractivity contribution in [2.24, 2.45) is 5.41 Å². The molecule has 1 aromatic carbocycles. The van der Waals surface area contributed by atoms with Gasteiger partial charge in [0.2, 0.25) is 0 Å². The molecule has 3 rings (SSSR count). The fourth-order valence-corrected chi connectivity index (χ4v) is 3.48. The number of carbonyl (C=O) groups excluding carboxylic acids is 2. The van der Waals surface area contributed by atoms with Gasteiger partial charge in [-0.25, -0.2) is 4.79 Å². The van der Waals surface area contributed by atoms with Crippen molar-refractivity contribution in [3.63, 3.8) is 0 Å². The van der Waals surface area contributed by atoms with Gasteiger partial charge in [-0.1, -0.05) is 0 Å². The van der Waals surface area contributed by atoms with Crippen LogP contribution in [0.4, 0.5) is 10.5 Å². The van der Waals surface area contributed by atoms with E-state index in [4.69, 9.17) is 4.74 Å². The van der Waals surface area contributed by atoms with Crippen molar-refractivity contribution in [2.45, 2.75) is 32.6 Å². The molecule has 124 valence electrons. The molecule has 1 aromatic rings. The zero-order valence-electron chi connectivity index (χ0n) is 13.6. The Morgan fingerprint density at radius 3 is 2.22 bits per heavy atom. The van der Waals surface area contributed by atoms with E-state index >= 15 is 0 Å². The van der Waals surface area contributed by atoms with Crippen LogP contribution in [0.1, 0.15) is 43.0 Å². The third-order valence-electron chi connectivity index (χ3n) is 5.21. The Labute approximate surface area is 137 Å². The topological polar surface area (TPSA) is 58.6 Å². The van der Waals surface area contributed by atoms with Crippen molar-refractivity contribution in [3.8, 4) is 0 Å². The number of urea groups is 1. The summed E-state index contributed by atoms with van der Waals surface area (Å²) < 4.78 is 5.46. The summed E-state index contributed by atoms with van der Waals surface area (Å²) in [6, 6.07) is 6.98. The molecule has 2 heterocycles. The molecule has 0 atom stereocenters. The van der Waals surface area contributed by atoms with Crippen molar-refractivity contribution in [3.05, 3.63) is 29.8 Å². The third-order valence-corrected chi connectivity index (χ3v) is 5.21. The van der Waals surface area contributed by atoms with E-state index in [1.54, 1.807) is 24.3 Å². The minimum atomic E-state index is -0.0533. The highest BCUT2D eigenvalue weighted by molar-refractivity contribution is 5.95. The molecule has 5 heteroatoms. The van der Waals surface area contributed by atoms with Crippen LogP contribution in [0.2, 0.25) is 0 Å². The number of hydrogen-bond donors (Lipinski definition) is 1. The zero-order chi connectivity index (χ0) is 16.3. The minimum absolute atomic E-state index is 0.0284. The Bertz CT molecular complexity index is 566. The Morgan fingerprint density at radius 2 is 1.65 bits per heavy atom. The van der Waals surface area contributed by atoms with Crippen LogP contribution in [0.3, 0.4) is 0 Å². The lowest BCUT2D eigenvalue weighted by atomic mass is 9.72. The standard InChI is InChI=1S/C18H24N2O3/c1-14(21)15-2-4-16(5-3-15)19-17(22)20-10-6-18(7-11-20)8-12-23-13-9-18/h2-5H,6-13H2,1H3,(H,19,22). The molecule has 2 aliphatic rings. The molecule has 0 unspecified atom stereocenters. The third kappa shape index (κ3) is 3.72. The first-order valence-corrected chi connectivity index (χ1v) is 8.33. The van der Waals surface area contributed by atoms with E-state index in [2.05, 4.69) is 5.32 Å². The summed E-state index contributed by atoms with van der Waals surface area (Å²) in [5.41, 5.74) is 1.77. The van der Waals surface area contributed by atoms with Crippen LogP contribution in [-0.2, 0) is 4.74 Å². The monoisotopic (exact) mass is 316 g/mol. The Hall–Kier alpha value is -1.88. The van der Waals surface area contributed by atoms with E-state index in [0.29, 0.717) is 11.0 Å². The van der Waals surface area contributed by atoms with Crippen LogP contribution in [0.25, 0.3) is 0 Å². The second-order valence-electron chi connectivity index (χ2n) is 6.66. The summed E-state index contributed by atoms with van der Waals surface area (Å²) in [7, 11) is 0. The van der Waals surface area contributed by atoms with Gasteiger partial charge >= 0.3 is 6.03 Å². The molecule has 0 aromatic heterocycles. The number of nitrogens with zero attached hydrogens (tertiary/aromatic N) is 1. The first kappa shape index (κ1) is 16.0. The average molecular weight is 316 g/mol. The van der Waals surface area contributed by atoms with Crippen molar-refractivity contribution < 1.29 is 14.3 Å². The molecule has 0 radical (unpaired) electrons. The van der Waals surface area contributed by atoms with Crippen LogP contribution in [0.15, 0.2) is 24.3 Å². The van der Waals surface area contributed by atoms with Crippen molar-refractivity contribution in [2.75, 3.05) is 31.6 Å². The lowest BCUT2D eigenvalue weighted by molar-refractivity contribution is -0.0138. The SMILES string of the molecule is CC(=O)c1ccc(NC(=O)N2CCC3(CCOCC3)CC2)cc1. The highest BCUT2D eigenvalue weighted by Crippen LogP contribution is 2.40. The molecular formula is C18H24N2O3. The second-order valence-corrected chi connectivity index (χ2v) is 6.66. The fraction of sp³-hybridized carbons (Fsp3) is 0.556. The largest absolute Gasteiger partial charge is 0.381 e. The number of ketones is 1. The smallest absolute Gasteiger partial charge is 0.321 e. The van der Waals surface area contributed by atoms with Gasteiger partial charge in [-0.15, -0.1) is 0 Å². The molecule has 1 spiro atoms. The first-order valence-electron chi connectivity index (χ1n) is 8.33. The fourth-order valence-electron chi connectivity index (χ4n) is 3.48. The number of likely N-dealkylation sites (tertiary alicyclic amines) is 1. The molecule has 0 saturated carbocycles. The normalized spacial score (nSPS) is 20.3. The van der Waals surface area contributed by atoms with Crippen molar-refractivity contribution in [1.82, 2.24) is 4.90 Å². The second kappa shape index (κ2) is 6.71. The van der Waals surface area contributed by atoms with Gasteiger partial charge in [-0.05, 0) is 62.3 Å². The quantitative estimate of drug-likeness (QED) is 0.852. The van der Waals surface area contributed by atoms with E-state index in [1.807, 2.05) is 4.90 Å². The molecule has 2 aliphatic heterocycles. The highest BCUT2D eigenvalue weighted by atomic mass is 16.5. The van der Waals surface area contributed by atoms with Gasteiger partial charge in [-0.3, -0.25) is 4.79 Å². The number of nitrogens with one attached hydrogen (secondary N) is 1. The maximum atomic E-state index is 12.4. The summed E-state index contributed by atoms with van der Waals surface area (Å²) in [6.07, 6.45) is 4.37. The van der Waals surface area contributed by atoms with E-state index < -0.39 is 0 Å². The molecule has 2 amide bonds. The van der Waals surface area contributed by atoms with E-state index in [9.17, 15) is 9.59 Å². The van der Waals surface area contributed by atoms with Crippen molar-refractivity contribution >= 4 is 17.5 Å². The van der Waals surface area contributed by atoms with Gasteiger partial charge in [0, 0.05) is 37.6 Å². The summed E-state index contributed by atoms with van der Waals surface area (Å²) in [6.45, 7) is 4.85.